The fourth-order valence-electron chi connectivity index (χ4n) is 4.63. The zero-order valence-electron chi connectivity index (χ0n) is 17.2. The van der Waals surface area contributed by atoms with Gasteiger partial charge in [0.05, 0.1) is 11.6 Å². The highest BCUT2D eigenvalue weighted by atomic mass is 16.1. The number of amides is 1. The second kappa shape index (κ2) is 10.6. The van der Waals surface area contributed by atoms with Crippen LogP contribution < -0.4 is 5.32 Å². The van der Waals surface area contributed by atoms with Crippen molar-refractivity contribution in [3.63, 3.8) is 0 Å². The van der Waals surface area contributed by atoms with Gasteiger partial charge in [0.2, 0.25) is 5.91 Å². The number of benzene rings is 1. The number of likely N-dealkylation sites (tertiary alicyclic amines) is 2. The molecule has 2 fully saturated rings. The molecule has 5 nitrogen and oxygen atoms in total. The molecule has 2 saturated heterocycles. The minimum atomic E-state index is 0.221. The van der Waals surface area contributed by atoms with Crippen molar-refractivity contribution in [2.24, 2.45) is 5.92 Å². The van der Waals surface area contributed by atoms with Gasteiger partial charge in [0.25, 0.3) is 0 Å². The van der Waals surface area contributed by atoms with Crippen molar-refractivity contribution in [1.29, 1.82) is 5.26 Å². The minimum Gasteiger partial charge on any atom is -0.355 e. The molecule has 1 amide bonds. The Kier molecular flexibility index (Phi) is 7.88. The molecule has 0 radical (unpaired) electrons. The van der Waals surface area contributed by atoms with Crippen LogP contribution in [0.2, 0.25) is 0 Å². The Balaban J connectivity index is 1.32. The zero-order valence-corrected chi connectivity index (χ0v) is 17.2. The lowest BCUT2D eigenvalue weighted by atomic mass is 9.91. The van der Waals surface area contributed by atoms with Gasteiger partial charge < -0.3 is 5.32 Å². The predicted octanol–water partition coefficient (Wildman–Crippen LogP) is 3.15. The standard InChI is InChI=1S/C23H34N4O/c1-2-27-12-4-7-22(27)17-25-23(28)9-8-19-10-13-26(14-11-19)18-21-6-3-5-20(15-21)16-24/h3,5-6,15,19,22H,2,4,7-14,17-18H2,1H3,(H,25,28)/t22-/m1/s1. The Morgan fingerprint density at radius 1 is 1.25 bits per heavy atom. The van der Waals surface area contributed by atoms with E-state index in [9.17, 15) is 4.79 Å². The first-order valence-electron chi connectivity index (χ1n) is 10.9. The van der Waals surface area contributed by atoms with Crippen LogP contribution in [-0.4, -0.2) is 54.5 Å². The lowest BCUT2D eigenvalue weighted by molar-refractivity contribution is -0.121. The molecule has 1 atom stereocenters. The lowest BCUT2D eigenvalue weighted by Gasteiger charge is -2.32. The fourth-order valence-corrected chi connectivity index (χ4v) is 4.63. The smallest absolute Gasteiger partial charge is 0.220 e. The molecular formula is C23H34N4O. The highest BCUT2D eigenvalue weighted by Crippen LogP contribution is 2.23. The number of nitrogens with zero attached hydrogens (tertiary/aromatic N) is 3. The topological polar surface area (TPSA) is 59.4 Å². The summed E-state index contributed by atoms with van der Waals surface area (Å²) in [4.78, 5) is 17.2. The molecule has 0 aliphatic carbocycles. The highest BCUT2D eigenvalue weighted by molar-refractivity contribution is 5.75. The highest BCUT2D eigenvalue weighted by Gasteiger charge is 2.24. The molecule has 0 bridgehead atoms. The van der Waals surface area contributed by atoms with Crippen LogP contribution >= 0.6 is 0 Å². The summed E-state index contributed by atoms with van der Waals surface area (Å²) in [5, 5.41) is 12.2. The quantitative estimate of drug-likeness (QED) is 0.750. The van der Waals surface area contributed by atoms with Crippen molar-refractivity contribution < 1.29 is 4.79 Å². The predicted molar refractivity (Wildman–Crippen MR) is 112 cm³/mol. The van der Waals surface area contributed by atoms with Crippen molar-refractivity contribution >= 4 is 5.91 Å². The maximum atomic E-state index is 12.2. The van der Waals surface area contributed by atoms with Crippen LogP contribution in [0.25, 0.3) is 0 Å². The molecule has 0 saturated carbocycles. The Morgan fingerprint density at radius 2 is 2.07 bits per heavy atom. The summed E-state index contributed by atoms with van der Waals surface area (Å²) in [5.41, 5.74) is 1.95. The van der Waals surface area contributed by atoms with Gasteiger partial charge in [0.1, 0.15) is 0 Å². The van der Waals surface area contributed by atoms with Gasteiger partial charge in [0, 0.05) is 25.6 Å². The number of nitrogens with one attached hydrogen (secondary N) is 1. The van der Waals surface area contributed by atoms with Gasteiger partial charge >= 0.3 is 0 Å². The van der Waals surface area contributed by atoms with E-state index in [4.69, 9.17) is 5.26 Å². The van der Waals surface area contributed by atoms with Gasteiger partial charge in [-0.25, -0.2) is 0 Å². The Hall–Kier alpha value is -1.90. The average molecular weight is 383 g/mol. The monoisotopic (exact) mass is 382 g/mol. The summed E-state index contributed by atoms with van der Waals surface area (Å²) in [6.45, 7) is 8.35. The van der Waals surface area contributed by atoms with E-state index in [0.29, 0.717) is 18.4 Å². The van der Waals surface area contributed by atoms with Crippen LogP contribution in [0, 0.1) is 17.2 Å². The molecule has 3 rings (SSSR count). The minimum absolute atomic E-state index is 0.221. The van der Waals surface area contributed by atoms with E-state index in [1.807, 2.05) is 18.2 Å². The zero-order chi connectivity index (χ0) is 19.8. The number of hydrogen-bond acceptors (Lipinski definition) is 4. The molecule has 0 spiro atoms. The van der Waals surface area contributed by atoms with Gasteiger partial charge in [-0.15, -0.1) is 0 Å². The van der Waals surface area contributed by atoms with Crippen LogP contribution in [0.4, 0.5) is 0 Å². The van der Waals surface area contributed by atoms with Gasteiger partial charge in [0.15, 0.2) is 0 Å². The largest absolute Gasteiger partial charge is 0.355 e. The molecule has 1 aromatic rings. The third-order valence-corrected chi connectivity index (χ3v) is 6.39. The molecule has 5 heteroatoms. The summed E-state index contributed by atoms with van der Waals surface area (Å²) in [6, 6.07) is 10.7. The normalized spacial score (nSPS) is 21.5. The van der Waals surface area contributed by atoms with E-state index in [1.165, 1.54) is 24.9 Å². The molecule has 0 unspecified atom stereocenters. The van der Waals surface area contributed by atoms with Crippen LogP contribution in [0.1, 0.15) is 56.6 Å². The molecular weight excluding hydrogens is 348 g/mol. The maximum Gasteiger partial charge on any atom is 0.220 e. The van der Waals surface area contributed by atoms with Crippen LogP contribution in [0.3, 0.4) is 0 Å². The Morgan fingerprint density at radius 3 is 2.82 bits per heavy atom. The molecule has 2 heterocycles. The van der Waals surface area contributed by atoms with Crippen molar-refractivity contribution in [3.8, 4) is 6.07 Å². The van der Waals surface area contributed by atoms with E-state index in [-0.39, 0.29) is 5.91 Å². The second-order valence-electron chi connectivity index (χ2n) is 8.30. The first kappa shape index (κ1) is 20.8. The molecule has 1 aromatic carbocycles. The fraction of sp³-hybridized carbons (Fsp3) is 0.652. The van der Waals surface area contributed by atoms with E-state index in [2.05, 4.69) is 34.2 Å². The summed E-state index contributed by atoms with van der Waals surface area (Å²) in [6.07, 6.45) is 6.46. The van der Waals surface area contributed by atoms with Crippen molar-refractivity contribution in [2.45, 2.75) is 58.0 Å². The number of piperidine rings is 1. The molecule has 0 aromatic heterocycles. The number of carbonyl (C=O) groups is 1. The number of rotatable bonds is 8. The number of hydrogen-bond donors (Lipinski definition) is 1. The van der Waals surface area contributed by atoms with E-state index in [1.54, 1.807) is 0 Å². The molecule has 2 aliphatic rings. The van der Waals surface area contributed by atoms with Crippen LogP contribution in [-0.2, 0) is 11.3 Å². The number of nitriles is 1. The first-order valence-corrected chi connectivity index (χ1v) is 10.9. The van der Waals surface area contributed by atoms with Crippen molar-refractivity contribution in [3.05, 3.63) is 35.4 Å². The number of likely N-dealkylation sites (N-methyl/N-ethyl adjacent to an activating group) is 1. The summed E-state index contributed by atoms with van der Waals surface area (Å²) in [7, 11) is 0. The van der Waals surface area contributed by atoms with Gasteiger partial charge in [-0.3, -0.25) is 14.6 Å². The SMILES string of the molecule is CCN1CCC[C@@H]1CNC(=O)CCC1CCN(Cc2cccc(C#N)c2)CC1. The lowest BCUT2D eigenvalue weighted by Crippen LogP contribution is -2.40. The third kappa shape index (κ3) is 6.05. The molecule has 28 heavy (non-hydrogen) atoms. The van der Waals surface area contributed by atoms with Crippen LogP contribution in [0.5, 0.6) is 0 Å². The van der Waals surface area contributed by atoms with Gasteiger partial charge in [-0.05, 0) is 81.9 Å². The third-order valence-electron chi connectivity index (χ3n) is 6.39. The van der Waals surface area contributed by atoms with E-state index in [0.717, 1.165) is 57.5 Å². The second-order valence-corrected chi connectivity index (χ2v) is 8.30. The summed E-state index contributed by atoms with van der Waals surface area (Å²) in [5.74, 6) is 0.879. The molecule has 152 valence electrons. The van der Waals surface area contributed by atoms with E-state index >= 15 is 0 Å². The molecule has 1 N–H and O–H groups in total. The first-order chi connectivity index (χ1) is 13.7. The summed E-state index contributed by atoms with van der Waals surface area (Å²) >= 11 is 0. The summed E-state index contributed by atoms with van der Waals surface area (Å²) < 4.78 is 0. The van der Waals surface area contributed by atoms with Crippen LogP contribution in [0.15, 0.2) is 24.3 Å². The van der Waals surface area contributed by atoms with Crippen molar-refractivity contribution in [1.82, 2.24) is 15.1 Å². The van der Waals surface area contributed by atoms with Gasteiger partial charge in [-0.1, -0.05) is 19.1 Å². The maximum absolute atomic E-state index is 12.2. The average Bonchev–Trinajstić information content (AvgIpc) is 3.19. The van der Waals surface area contributed by atoms with Gasteiger partial charge in [-0.2, -0.15) is 5.26 Å². The van der Waals surface area contributed by atoms with E-state index < -0.39 is 0 Å². The number of carbonyl (C=O) groups excluding carboxylic acids is 1. The Bertz CT molecular complexity index is 675. The van der Waals surface area contributed by atoms with Crippen molar-refractivity contribution in [2.75, 3.05) is 32.7 Å². The Labute approximate surface area is 169 Å². The molecule has 2 aliphatic heterocycles.